The monoisotopic (exact) mass is 212 g/mol. The number of hydrogen-bond donors (Lipinski definition) is 3. The minimum atomic E-state index is -5.14. The first-order valence-corrected chi connectivity index (χ1v) is 3.34. The molecule has 0 unspecified atom stereocenters. The van der Waals surface area contributed by atoms with Gasteiger partial charge in [0, 0.05) is 0 Å². The van der Waals surface area contributed by atoms with E-state index >= 15 is 0 Å². The van der Waals surface area contributed by atoms with Crippen molar-refractivity contribution in [3.8, 4) is 0 Å². The van der Waals surface area contributed by atoms with Crippen LogP contribution in [0.15, 0.2) is 0 Å². The summed E-state index contributed by atoms with van der Waals surface area (Å²) in [6.07, 6.45) is 0. The Labute approximate surface area is 91.9 Å². The molecular weight excluding hydrogens is 207 g/mol. The van der Waals surface area contributed by atoms with Crippen LogP contribution in [0.25, 0.3) is 0 Å². The molecule has 0 atom stereocenters. The molecular formula is C2H5CaO7P. The number of aliphatic hydroxyl groups excluding tert-OH is 1. The standard InChI is InChI=1S/C2H4O3.Ca.H3O4P/c3-1-2(4)5;;1-5(2,3)4/h3H,1H2,(H,4,5);;(H3,1,2,3,4)/q;+2;/p-2. The first-order chi connectivity index (χ1) is 4.27. The number of hydrogen-bond acceptors (Lipinski definition) is 5. The van der Waals surface area contributed by atoms with E-state index in [2.05, 4.69) is 0 Å². The summed E-state index contributed by atoms with van der Waals surface area (Å²) in [6.45, 7) is -0.778. The van der Waals surface area contributed by atoms with Gasteiger partial charge in [-0.1, -0.05) is 0 Å². The number of carboxylic acids is 1. The van der Waals surface area contributed by atoms with E-state index < -0.39 is 20.4 Å². The SMILES string of the molecule is O=C(O)CO.O=P([O-])([O-])O.[Ca+2]. The van der Waals surface area contributed by atoms with Crippen molar-refractivity contribution in [1.29, 1.82) is 0 Å². The van der Waals surface area contributed by atoms with Crippen LogP contribution in [0.1, 0.15) is 0 Å². The van der Waals surface area contributed by atoms with Gasteiger partial charge in [-0.25, -0.2) is 4.79 Å². The molecule has 0 aromatic heterocycles. The quantitative estimate of drug-likeness (QED) is 0.302. The normalized spacial score (nSPS) is 8.73. The van der Waals surface area contributed by atoms with Crippen molar-refractivity contribution >= 4 is 51.5 Å². The Hall–Kier alpha value is 0.800. The maximum Gasteiger partial charge on any atom is 2.00 e. The van der Waals surface area contributed by atoms with Crippen molar-refractivity contribution in [2.24, 2.45) is 0 Å². The fraction of sp³-hybridized carbons (Fsp3) is 0.500. The van der Waals surface area contributed by atoms with Crippen LogP contribution in [0.4, 0.5) is 0 Å². The summed E-state index contributed by atoms with van der Waals surface area (Å²) < 4.78 is 8.66. The molecule has 9 heteroatoms. The van der Waals surface area contributed by atoms with Gasteiger partial charge in [0.25, 0.3) is 0 Å². The molecule has 3 N–H and O–H groups in total. The Kier molecular flexibility index (Phi) is 14.4. The summed E-state index contributed by atoms with van der Waals surface area (Å²) in [7, 11) is -5.14. The number of aliphatic hydroxyl groups is 1. The van der Waals surface area contributed by atoms with Crippen LogP contribution in [0.2, 0.25) is 0 Å². The summed E-state index contributed by atoms with van der Waals surface area (Å²) >= 11 is 0. The Balaban J connectivity index is -0.000000107. The van der Waals surface area contributed by atoms with Gasteiger partial charge in [0.15, 0.2) is 0 Å². The van der Waals surface area contributed by atoms with E-state index in [9.17, 15) is 0 Å². The van der Waals surface area contributed by atoms with E-state index in [-0.39, 0.29) is 37.7 Å². The number of rotatable bonds is 1. The third-order valence-electron chi connectivity index (χ3n) is 0.135. The van der Waals surface area contributed by atoms with Crippen molar-refractivity contribution in [3.05, 3.63) is 0 Å². The van der Waals surface area contributed by atoms with Crippen molar-refractivity contribution in [1.82, 2.24) is 0 Å². The summed E-state index contributed by atoms with van der Waals surface area (Å²) in [5, 5.41) is 15.0. The van der Waals surface area contributed by atoms with Gasteiger partial charge in [-0.2, -0.15) is 0 Å². The van der Waals surface area contributed by atoms with Crippen LogP contribution in [-0.4, -0.2) is 65.4 Å². The molecule has 7 nitrogen and oxygen atoms in total. The van der Waals surface area contributed by atoms with E-state index in [0.29, 0.717) is 0 Å². The Morgan fingerprint density at radius 3 is 1.55 bits per heavy atom. The molecule has 0 heterocycles. The molecule has 0 radical (unpaired) electrons. The van der Waals surface area contributed by atoms with Gasteiger partial charge in [0.2, 0.25) is 0 Å². The Morgan fingerprint density at radius 1 is 1.45 bits per heavy atom. The van der Waals surface area contributed by atoms with Crippen LogP contribution in [0.3, 0.4) is 0 Å². The topological polar surface area (TPSA) is 141 Å². The molecule has 62 valence electrons. The van der Waals surface area contributed by atoms with Crippen LogP contribution in [0.5, 0.6) is 0 Å². The van der Waals surface area contributed by atoms with Crippen LogP contribution < -0.4 is 9.79 Å². The zero-order valence-corrected chi connectivity index (χ0v) is 8.44. The van der Waals surface area contributed by atoms with Crippen molar-refractivity contribution in [3.63, 3.8) is 0 Å². The number of carboxylic acid groups (broad SMARTS) is 1. The number of aliphatic carboxylic acids is 1. The van der Waals surface area contributed by atoms with Gasteiger partial charge in [-0.05, 0) is 0 Å². The molecule has 11 heavy (non-hydrogen) atoms. The van der Waals surface area contributed by atoms with Crippen LogP contribution in [-0.2, 0) is 9.36 Å². The van der Waals surface area contributed by atoms with Gasteiger partial charge in [0.05, 0.1) is 7.82 Å². The molecule has 0 spiro atoms. The molecule has 0 aliphatic rings. The van der Waals surface area contributed by atoms with Crippen molar-refractivity contribution < 1.29 is 34.3 Å². The second kappa shape index (κ2) is 8.89. The largest absolute Gasteiger partial charge is 2.00 e. The average Bonchev–Trinajstić information content (AvgIpc) is 1.61. The van der Waals surface area contributed by atoms with E-state index in [1.807, 2.05) is 0 Å². The summed E-state index contributed by atoms with van der Waals surface area (Å²) in [4.78, 5) is 33.4. The Morgan fingerprint density at radius 2 is 1.55 bits per heavy atom. The maximum absolute atomic E-state index is 9.12. The van der Waals surface area contributed by atoms with Gasteiger partial charge in [0.1, 0.15) is 6.61 Å². The zero-order chi connectivity index (χ0) is 8.78. The fourth-order valence-corrected chi connectivity index (χ4v) is 0. The van der Waals surface area contributed by atoms with Crippen molar-refractivity contribution in [2.75, 3.05) is 6.61 Å². The molecule has 0 aromatic carbocycles. The van der Waals surface area contributed by atoms with Gasteiger partial charge >= 0.3 is 43.7 Å². The van der Waals surface area contributed by atoms with Crippen molar-refractivity contribution in [2.45, 2.75) is 0 Å². The molecule has 0 aliphatic heterocycles. The van der Waals surface area contributed by atoms with E-state index in [4.69, 9.17) is 34.3 Å². The number of phosphoric acid groups is 1. The number of carbonyl (C=O) groups is 1. The molecule has 0 aromatic rings. The molecule has 0 saturated carbocycles. The fourth-order valence-electron chi connectivity index (χ4n) is 0. The maximum atomic E-state index is 9.12. The molecule has 0 saturated heterocycles. The average molecular weight is 212 g/mol. The predicted octanol–water partition coefficient (Wildman–Crippen LogP) is -3.51. The van der Waals surface area contributed by atoms with E-state index in [1.54, 1.807) is 0 Å². The third kappa shape index (κ3) is 107. The Bertz CT molecular complexity index is 131. The predicted molar refractivity (Wildman–Crippen MR) is 30.3 cm³/mol. The zero-order valence-electron chi connectivity index (χ0n) is 5.34. The summed E-state index contributed by atoms with van der Waals surface area (Å²) in [5.41, 5.74) is 0. The first kappa shape index (κ1) is 17.8. The third-order valence-corrected chi connectivity index (χ3v) is 0.135. The molecule has 0 aliphatic carbocycles. The summed E-state index contributed by atoms with van der Waals surface area (Å²) in [6, 6.07) is 0. The molecule has 0 rings (SSSR count). The molecule has 0 amide bonds. The van der Waals surface area contributed by atoms with Gasteiger partial charge in [-0.3, -0.25) is 0 Å². The van der Waals surface area contributed by atoms with E-state index in [0.717, 1.165) is 0 Å². The molecule has 0 bridgehead atoms. The van der Waals surface area contributed by atoms with Gasteiger partial charge < -0.3 is 29.5 Å². The van der Waals surface area contributed by atoms with Crippen LogP contribution in [0, 0.1) is 0 Å². The van der Waals surface area contributed by atoms with Crippen LogP contribution >= 0.6 is 7.82 Å². The molecule has 0 fully saturated rings. The smallest absolute Gasteiger partial charge is 0.790 e. The second-order valence-corrected chi connectivity index (χ2v) is 1.96. The second-order valence-electron chi connectivity index (χ2n) is 1.02. The minimum Gasteiger partial charge on any atom is -0.790 e. The first-order valence-electron chi connectivity index (χ1n) is 1.85. The van der Waals surface area contributed by atoms with E-state index in [1.165, 1.54) is 0 Å². The van der Waals surface area contributed by atoms with Gasteiger partial charge in [-0.15, -0.1) is 0 Å². The summed E-state index contributed by atoms with van der Waals surface area (Å²) in [5.74, 6) is -1.19. The minimum absolute atomic E-state index is 0.